The second kappa shape index (κ2) is 18.5. The predicted molar refractivity (Wildman–Crippen MR) is 299 cm³/mol. The lowest BCUT2D eigenvalue weighted by Crippen LogP contribution is -2.28. The van der Waals surface area contributed by atoms with E-state index in [1.165, 1.54) is 66.8 Å². The van der Waals surface area contributed by atoms with Gasteiger partial charge in [-0.3, -0.25) is 0 Å². The number of fused-ring (bicyclic) bond motifs is 3. The fourth-order valence-electron chi connectivity index (χ4n) is 11.1. The Kier molecular flexibility index (Phi) is 11.2. The van der Waals surface area contributed by atoms with Crippen molar-refractivity contribution in [1.29, 1.82) is 0 Å². The van der Waals surface area contributed by atoms with Crippen molar-refractivity contribution in [2.75, 3.05) is 4.90 Å². The number of hydrogen-bond acceptors (Lipinski definition) is 1. The summed E-state index contributed by atoms with van der Waals surface area (Å²) in [4.78, 5) is 2.38. The van der Waals surface area contributed by atoms with Gasteiger partial charge in [-0.05, 0) is 150 Å². The normalized spacial score (nSPS) is 12.2. The minimum atomic E-state index is -0.470. The van der Waals surface area contributed by atoms with Crippen molar-refractivity contribution in [1.82, 2.24) is 0 Å². The Morgan fingerprint density at radius 2 is 0.845 bits per heavy atom. The first-order valence-corrected chi connectivity index (χ1v) is 24.5. The van der Waals surface area contributed by atoms with Crippen molar-refractivity contribution in [3.05, 3.63) is 325 Å². The van der Waals surface area contributed by atoms with Gasteiger partial charge >= 0.3 is 0 Å². The van der Waals surface area contributed by atoms with E-state index in [0.717, 1.165) is 50.5 Å². The molecule has 0 atom stereocenters. The zero-order chi connectivity index (χ0) is 47.7. The van der Waals surface area contributed by atoms with Gasteiger partial charge in [0.1, 0.15) is 0 Å². The molecular weight excluding hydrogens is 855 g/mol. The van der Waals surface area contributed by atoms with E-state index in [0.29, 0.717) is 0 Å². The molecule has 0 N–H and O–H groups in total. The van der Waals surface area contributed by atoms with Crippen LogP contribution in [0.1, 0.15) is 38.9 Å². The van der Waals surface area contributed by atoms with Crippen LogP contribution in [-0.4, -0.2) is 0 Å². The summed E-state index contributed by atoms with van der Waals surface area (Å²) in [6, 6.07) is 102. The number of benzene rings is 11. The molecule has 0 saturated carbocycles. The number of aryl methyl sites for hydroxylation is 1. The third-order valence-corrected chi connectivity index (χ3v) is 14.5. The Hall–Kier alpha value is -9.04. The summed E-state index contributed by atoms with van der Waals surface area (Å²) in [5.74, 6) is 0. The zero-order valence-electron chi connectivity index (χ0n) is 39.7. The van der Waals surface area contributed by atoms with Gasteiger partial charge in [0.15, 0.2) is 0 Å². The molecule has 1 heteroatoms. The van der Waals surface area contributed by atoms with Crippen molar-refractivity contribution in [3.8, 4) is 55.6 Å². The lowest BCUT2D eigenvalue weighted by Gasteiger charge is -2.34. The monoisotopic (exact) mass is 905 g/mol. The largest absolute Gasteiger partial charge is 0.310 e. The van der Waals surface area contributed by atoms with Crippen LogP contribution in [0.4, 0.5) is 17.1 Å². The molecule has 0 fully saturated rings. The van der Waals surface area contributed by atoms with Crippen LogP contribution in [0.25, 0.3) is 61.2 Å². The van der Waals surface area contributed by atoms with Crippen LogP contribution in [0, 0.1) is 6.92 Å². The molecule has 12 rings (SSSR count). The lowest BCUT2D eigenvalue weighted by molar-refractivity contribution is 0.768. The van der Waals surface area contributed by atoms with E-state index in [2.05, 4.69) is 291 Å². The minimum Gasteiger partial charge on any atom is -0.310 e. The SMILES string of the molecule is C=C(c1ccc2c(c1)-c1ccccc1C2(c1ccccc1)c1ccccc1)c1cc(-c2ccccc2N(c2ccccc2)c2ccc(-c3cccc(-c4ccccc4)c3)cc2)ccc1-c1ccccc1C. The van der Waals surface area contributed by atoms with Gasteiger partial charge in [-0.2, -0.15) is 0 Å². The summed E-state index contributed by atoms with van der Waals surface area (Å²) in [6.07, 6.45) is 0. The van der Waals surface area contributed by atoms with Crippen LogP contribution < -0.4 is 4.90 Å². The summed E-state index contributed by atoms with van der Waals surface area (Å²) in [7, 11) is 0. The molecule has 0 radical (unpaired) electrons. The maximum atomic E-state index is 4.98. The van der Waals surface area contributed by atoms with Crippen LogP contribution in [0.15, 0.2) is 286 Å². The highest BCUT2D eigenvalue weighted by molar-refractivity contribution is 5.96. The molecule has 0 heterocycles. The van der Waals surface area contributed by atoms with Gasteiger partial charge in [-0.15, -0.1) is 0 Å². The molecule has 0 bridgehead atoms. The second-order valence-corrected chi connectivity index (χ2v) is 18.5. The van der Waals surface area contributed by atoms with Gasteiger partial charge in [0.25, 0.3) is 0 Å². The van der Waals surface area contributed by atoms with E-state index in [4.69, 9.17) is 6.58 Å². The van der Waals surface area contributed by atoms with Crippen molar-refractivity contribution >= 4 is 22.6 Å². The fraction of sp³-hybridized carbons (Fsp3) is 0.0286. The smallest absolute Gasteiger partial charge is 0.0713 e. The van der Waals surface area contributed by atoms with E-state index in [1.807, 2.05) is 0 Å². The quantitative estimate of drug-likeness (QED) is 0.125. The van der Waals surface area contributed by atoms with E-state index in [1.54, 1.807) is 0 Å². The Morgan fingerprint density at radius 1 is 0.338 bits per heavy atom. The molecule has 1 nitrogen and oxygen atoms in total. The van der Waals surface area contributed by atoms with Crippen LogP contribution >= 0.6 is 0 Å². The molecule has 0 unspecified atom stereocenters. The molecular formula is C70H51N. The Bertz CT molecular complexity index is 3660. The minimum absolute atomic E-state index is 0.470. The standard InChI is InChI=1S/C70H51N/c1-49-22-15-16-33-61(49)63-44-40-56(48-65(63)50(2)53-41-45-68-66(47-53)64-35-17-19-36-67(64)70(68,57-27-9-4-10-28-57)58-29-11-5-12-30-58)62-34-18-20-37-69(62)71(59-31-13-6-14-32-59)60-42-38-52(39-43-60)55-26-21-25-54(46-55)51-23-7-3-8-24-51/h3-48H,2H2,1H3. The number of rotatable bonds is 11. The van der Waals surface area contributed by atoms with Crippen molar-refractivity contribution < 1.29 is 0 Å². The summed E-state index contributed by atoms with van der Waals surface area (Å²) in [5.41, 5.74) is 24.1. The topological polar surface area (TPSA) is 3.24 Å². The summed E-state index contributed by atoms with van der Waals surface area (Å²) in [6.45, 7) is 7.18. The summed E-state index contributed by atoms with van der Waals surface area (Å²) < 4.78 is 0. The highest BCUT2D eigenvalue weighted by atomic mass is 15.1. The van der Waals surface area contributed by atoms with E-state index in [-0.39, 0.29) is 0 Å². The molecule has 0 saturated heterocycles. The Morgan fingerprint density at radius 3 is 1.52 bits per heavy atom. The van der Waals surface area contributed by atoms with Crippen molar-refractivity contribution in [3.63, 3.8) is 0 Å². The highest BCUT2D eigenvalue weighted by Gasteiger charge is 2.46. The molecule has 11 aromatic rings. The third kappa shape index (κ3) is 7.69. The Balaban J connectivity index is 0.981. The van der Waals surface area contributed by atoms with Crippen molar-refractivity contribution in [2.24, 2.45) is 0 Å². The van der Waals surface area contributed by atoms with Crippen LogP contribution in [0.5, 0.6) is 0 Å². The molecule has 336 valence electrons. The highest BCUT2D eigenvalue weighted by Crippen LogP contribution is 2.57. The molecule has 0 aromatic heterocycles. The number of hydrogen-bond donors (Lipinski definition) is 0. The van der Waals surface area contributed by atoms with E-state index in [9.17, 15) is 0 Å². The molecule has 1 aliphatic carbocycles. The number of anilines is 3. The number of nitrogens with zero attached hydrogens (tertiary/aromatic N) is 1. The van der Waals surface area contributed by atoms with Gasteiger partial charge in [0.05, 0.1) is 11.1 Å². The van der Waals surface area contributed by atoms with Crippen molar-refractivity contribution in [2.45, 2.75) is 12.3 Å². The summed E-state index contributed by atoms with van der Waals surface area (Å²) >= 11 is 0. The van der Waals surface area contributed by atoms with E-state index < -0.39 is 5.41 Å². The molecule has 0 amide bonds. The summed E-state index contributed by atoms with van der Waals surface area (Å²) in [5, 5.41) is 0. The molecule has 0 spiro atoms. The zero-order valence-corrected chi connectivity index (χ0v) is 39.7. The maximum Gasteiger partial charge on any atom is 0.0713 e. The molecule has 11 aromatic carbocycles. The third-order valence-electron chi connectivity index (χ3n) is 14.5. The lowest BCUT2D eigenvalue weighted by atomic mass is 9.67. The first-order valence-electron chi connectivity index (χ1n) is 24.5. The first-order chi connectivity index (χ1) is 35.1. The van der Waals surface area contributed by atoms with Crippen LogP contribution in [0.2, 0.25) is 0 Å². The van der Waals surface area contributed by atoms with Gasteiger partial charge in [-0.1, -0.05) is 237 Å². The van der Waals surface area contributed by atoms with Gasteiger partial charge < -0.3 is 4.90 Å². The fourth-order valence-corrected chi connectivity index (χ4v) is 11.1. The number of para-hydroxylation sites is 2. The van der Waals surface area contributed by atoms with Gasteiger partial charge in [0.2, 0.25) is 0 Å². The first kappa shape index (κ1) is 43.3. The van der Waals surface area contributed by atoms with Gasteiger partial charge in [0, 0.05) is 16.9 Å². The van der Waals surface area contributed by atoms with E-state index >= 15 is 0 Å². The molecule has 71 heavy (non-hydrogen) atoms. The van der Waals surface area contributed by atoms with Gasteiger partial charge in [-0.25, -0.2) is 0 Å². The van der Waals surface area contributed by atoms with Crippen LogP contribution in [0.3, 0.4) is 0 Å². The predicted octanol–water partition coefficient (Wildman–Crippen LogP) is 18.6. The average molecular weight is 906 g/mol. The van der Waals surface area contributed by atoms with Crippen LogP contribution in [-0.2, 0) is 5.41 Å². The molecule has 1 aliphatic rings. The Labute approximate surface area is 418 Å². The average Bonchev–Trinajstić information content (AvgIpc) is 3.75. The maximum absolute atomic E-state index is 4.98. The second-order valence-electron chi connectivity index (χ2n) is 18.5. The molecule has 0 aliphatic heterocycles.